The van der Waals surface area contributed by atoms with E-state index in [9.17, 15) is 5.11 Å². The highest BCUT2D eigenvalue weighted by atomic mass is 16.3. The van der Waals surface area contributed by atoms with E-state index in [4.69, 9.17) is 0 Å². The molecule has 2 N–H and O–H groups in total. The minimum absolute atomic E-state index is 0.135. The van der Waals surface area contributed by atoms with Gasteiger partial charge >= 0.3 is 0 Å². The molecular formula is C15H21N3O. The molecule has 1 heterocycles. The topological polar surface area (TPSA) is 50.1 Å². The van der Waals surface area contributed by atoms with E-state index < -0.39 is 0 Å². The second kappa shape index (κ2) is 5.99. The molecule has 2 rings (SSSR count). The molecule has 4 heteroatoms. The minimum Gasteiger partial charge on any atom is -0.394 e. The van der Waals surface area contributed by atoms with Crippen molar-refractivity contribution in [3.8, 4) is 5.69 Å². The lowest BCUT2D eigenvalue weighted by atomic mass is 10.0. The van der Waals surface area contributed by atoms with E-state index in [1.54, 1.807) is 0 Å². The van der Waals surface area contributed by atoms with Crippen LogP contribution in [0, 0.1) is 0 Å². The van der Waals surface area contributed by atoms with Crippen LogP contribution in [-0.2, 0) is 6.54 Å². The molecule has 2 aromatic rings. The van der Waals surface area contributed by atoms with Crippen molar-refractivity contribution in [2.75, 3.05) is 6.61 Å². The van der Waals surface area contributed by atoms with E-state index in [-0.39, 0.29) is 12.1 Å². The molecule has 0 aliphatic heterocycles. The largest absolute Gasteiger partial charge is 0.394 e. The first kappa shape index (κ1) is 13.8. The minimum atomic E-state index is -0.227. The smallest absolute Gasteiger partial charge is 0.0645 e. The predicted octanol–water partition coefficient (Wildman–Crippen LogP) is 2.12. The Bertz CT molecular complexity index is 503. The van der Waals surface area contributed by atoms with Crippen molar-refractivity contribution in [1.82, 2.24) is 15.1 Å². The van der Waals surface area contributed by atoms with E-state index in [0.29, 0.717) is 6.54 Å². The van der Waals surface area contributed by atoms with Crippen LogP contribution in [0.15, 0.2) is 42.7 Å². The Labute approximate surface area is 114 Å². The number of nitrogens with zero attached hydrogens (tertiary/aromatic N) is 2. The van der Waals surface area contributed by atoms with Gasteiger partial charge in [-0.2, -0.15) is 5.10 Å². The monoisotopic (exact) mass is 259 g/mol. The molecule has 4 nitrogen and oxygen atoms in total. The highest BCUT2D eigenvalue weighted by molar-refractivity contribution is 5.30. The molecule has 19 heavy (non-hydrogen) atoms. The average Bonchev–Trinajstić information content (AvgIpc) is 2.95. The number of rotatable bonds is 6. The number of hydrogen-bond donors (Lipinski definition) is 2. The average molecular weight is 259 g/mol. The molecule has 0 radical (unpaired) electrons. The molecule has 0 fully saturated rings. The van der Waals surface area contributed by atoms with Gasteiger partial charge in [-0.3, -0.25) is 0 Å². The summed E-state index contributed by atoms with van der Waals surface area (Å²) in [7, 11) is 0. The quantitative estimate of drug-likeness (QED) is 0.835. The summed E-state index contributed by atoms with van der Waals surface area (Å²) in [6.07, 6.45) is 4.75. The van der Waals surface area contributed by atoms with E-state index in [1.165, 1.54) is 0 Å². The van der Waals surface area contributed by atoms with Gasteiger partial charge < -0.3 is 10.4 Å². The van der Waals surface area contributed by atoms with Crippen molar-refractivity contribution < 1.29 is 5.11 Å². The zero-order valence-corrected chi connectivity index (χ0v) is 11.5. The maximum absolute atomic E-state index is 9.36. The van der Waals surface area contributed by atoms with Gasteiger partial charge in [-0.25, -0.2) is 4.68 Å². The zero-order valence-electron chi connectivity index (χ0n) is 11.5. The van der Waals surface area contributed by atoms with Crippen LogP contribution in [0.4, 0.5) is 0 Å². The first-order chi connectivity index (χ1) is 9.17. The van der Waals surface area contributed by atoms with E-state index in [1.807, 2.05) is 54.3 Å². The Balaban J connectivity index is 2.02. The summed E-state index contributed by atoms with van der Waals surface area (Å²) in [4.78, 5) is 0. The second-order valence-electron chi connectivity index (χ2n) is 5.05. The van der Waals surface area contributed by atoms with Gasteiger partial charge in [-0.1, -0.05) is 25.1 Å². The Morgan fingerprint density at radius 1 is 1.32 bits per heavy atom. The molecule has 0 aliphatic rings. The maximum Gasteiger partial charge on any atom is 0.0645 e. The number of benzene rings is 1. The molecule has 0 saturated heterocycles. The molecule has 102 valence electrons. The van der Waals surface area contributed by atoms with Crippen LogP contribution in [0.5, 0.6) is 0 Å². The van der Waals surface area contributed by atoms with Crippen LogP contribution in [0.3, 0.4) is 0 Å². The van der Waals surface area contributed by atoms with Gasteiger partial charge in [0.2, 0.25) is 0 Å². The van der Waals surface area contributed by atoms with Crippen molar-refractivity contribution in [3.63, 3.8) is 0 Å². The zero-order chi connectivity index (χ0) is 13.7. The van der Waals surface area contributed by atoms with E-state index in [2.05, 4.69) is 17.3 Å². The van der Waals surface area contributed by atoms with Gasteiger partial charge in [-0.05, 0) is 25.5 Å². The Morgan fingerprint density at radius 2 is 2.05 bits per heavy atom. The summed E-state index contributed by atoms with van der Waals surface area (Å²) >= 11 is 0. The number of aliphatic hydroxyl groups is 1. The van der Waals surface area contributed by atoms with Crippen LogP contribution in [-0.4, -0.2) is 27.0 Å². The fraction of sp³-hybridized carbons (Fsp3) is 0.400. The summed E-state index contributed by atoms with van der Waals surface area (Å²) in [5.74, 6) is 0. The fourth-order valence-electron chi connectivity index (χ4n) is 1.78. The van der Waals surface area contributed by atoms with E-state index in [0.717, 1.165) is 17.7 Å². The molecule has 1 aromatic heterocycles. The lowest BCUT2D eigenvalue weighted by Crippen LogP contribution is -2.44. The third-order valence-corrected chi connectivity index (χ3v) is 3.51. The van der Waals surface area contributed by atoms with E-state index >= 15 is 0 Å². The van der Waals surface area contributed by atoms with Gasteiger partial charge in [0.15, 0.2) is 0 Å². The summed E-state index contributed by atoms with van der Waals surface area (Å²) in [6, 6.07) is 10.0. The summed E-state index contributed by atoms with van der Waals surface area (Å²) < 4.78 is 1.86. The Morgan fingerprint density at radius 3 is 2.68 bits per heavy atom. The van der Waals surface area contributed by atoms with Crippen LogP contribution >= 0.6 is 0 Å². The lowest BCUT2D eigenvalue weighted by molar-refractivity contribution is 0.169. The predicted molar refractivity (Wildman–Crippen MR) is 76.2 cm³/mol. The number of para-hydroxylation sites is 1. The van der Waals surface area contributed by atoms with Crippen molar-refractivity contribution in [1.29, 1.82) is 0 Å². The van der Waals surface area contributed by atoms with Crippen molar-refractivity contribution in [2.45, 2.75) is 32.4 Å². The van der Waals surface area contributed by atoms with Gasteiger partial charge in [0.1, 0.15) is 0 Å². The van der Waals surface area contributed by atoms with Crippen LogP contribution in [0.1, 0.15) is 25.8 Å². The number of aromatic nitrogens is 2. The van der Waals surface area contributed by atoms with Crippen LogP contribution in [0.25, 0.3) is 5.69 Å². The summed E-state index contributed by atoms with van der Waals surface area (Å²) in [6.45, 7) is 4.93. The molecule has 1 atom stereocenters. The third kappa shape index (κ3) is 3.43. The highest BCUT2D eigenvalue weighted by Crippen LogP contribution is 2.11. The number of nitrogens with one attached hydrogen (secondary N) is 1. The number of aliphatic hydroxyl groups excluding tert-OH is 1. The van der Waals surface area contributed by atoms with Crippen molar-refractivity contribution in [2.24, 2.45) is 0 Å². The molecule has 1 aromatic carbocycles. The third-order valence-electron chi connectivity index (χ3n) is 3.51. The van der Waals surface area contributed by atoms with Gasteiger partial charge in [-0.15, -0.1) is 0 Å². The van der Waals surface area contributed by atoms with Crippen molar-refractivity contribution in [3.05, 3.63) is 48.3 Å². The summed E-state index contributed by atoms with van der Waals surface area (Å²) in [5.41, 5.74) is 1.93. The van der Waals surface area contributed by atoms with Gasteiger partial charge in [0, 0.05) is 23.8 Å². The maximum atomic E-state index is 9.36. The fourth-order valence-corrected chi connectivity index (χ4v) is 1.78. The molecule has 0 aliphatic carbocycles. The molecule has 0 bridgehead atoms. The van der Waals surface area contributed by atoms with Crippen LogP contribution < -0.4 is 5.32 Å². The van der Waals surface area contributed by atoms with Gasteiger partial charge in [0.05, 0.1) is 18.5 Å². The Hall–Kier alpha value is -1.65. The Kier molecular flexibility index (Phi) is 4.35. The standard InChI is InChI=1S/C15H21N3O/c1-3-15(2,12-19)16-9-13-10-17-18(11-13)14-7-5-4-6-8-14/h4-8,10-11,16,19H,3,9,12H2,1-2H3. The number of hydrogen-bond acceptors (Lipinski definition) is 3. The normalized spacial score (nSPS) is 14.3. The lowest BCUT2D eigenvalue weighted by Gasteiger charge is -2.26. The summed E-state index contributed by atoms with van der Waals surface area (Å²) in [5, 5.41) is 17.1. The highest BCUT2D eigenvalue weighted by Gasteiger charge is 2.19. The van der Waals surface area contributed by atoms with Crippen LogP contribution in [0.2, 0.25) is 0 Å². The molecule has 0 saturated carbocycles. The molecule has 0 amide bonds. The first-order valence-corrected chi connectivity index (χ1v) is 6.62. The molecule has 1 unspecified atom stereocenters. The molecular weight excluding hydrogens is 238 g/mol. The SMILES string of the molecule is CCC(C)(CO)NCc1cnn(-c2ccccc2)c1. The second-order valence-corrected chi connectivity index (χ2v) is 5.05. The molecule has 0 spiro atoms. The van der Waals surface area contributed by atoms with Gasteiger partial charge in [0.25, 0.3) is 0 Å². The first-order valence-electron chi connectivity index (χ1n) is 6.62. The van der Waals surface area contributed by atoms with Crippen molar-refractivity contribution >= 4 is 0 Å².